The highest BCUT2D eigenvalue weighted by atomic mass is 16.3. The van der Waals surface area contributed by atoms with E-state index >= 15 is 0 Å². The third-order valence-electron chi connectivity index (χ3n) is 4.72. The molecule has 0 aliphatic heterocycles. The molecule has 0 fully saturated rings. The van der Waals surface area contributed by atoms with E-state index < -0.39 is 0 Å². The summed E-state index contributed by atoms with van der Waals surface area (Å²) in [5, 5.41) is 2.99. The third-order valence-corrected chi connectivity index (χ3v) is 4.72. The van der Waals surface area contributed by atoms with Crippen LogP contribution in [0.5, 0.6) is 0 Å². The topological polar surface area (TPSA) is 42.2 Å². The molecule has 0 radical (unpaired) electrons. The maximum absolute atomic E-state index is 12.3. The molecule has 1 aromatic heterocycles. The zero-order valence-corrected chi connectivity index (χ0v) is 15.8. The van der Waals surface area contributed by atoms with Gasteiger partial charge in [0.05, 0.1) is 0 Å². The number of furan rings is 1. The molecule has 2 aromatic carbocycles. The number of amides is 1. The summed E-state index contributed by atoms with van der Waals surface area (Å²) in [6.07, 6.45) is 0.981. The summed E-state index contributed by atoms with van der Waals surface area (Å²) in [7, 11) is 0. The van der Waals surface area contributed by atoms with Gasteiger partial charge in [0, 0.05) is 24.1 Å². The van der Waals surface area contributed by atoms with Crippen LogP contribution >= 0.6 is 0 Å². The van der Waals surface area contributed by atoms with Crippen molar-refractivity contribution in [1.82, 2.24) is 0 Å². The molecule has 0 aliphatic rings. The number of benzene rings is 2. The minimum atomic E-state index is 0.00262. The van der Waals surface area contributed by atoms with Crippen LogP contribution in [0.4, 0.5) is 5.69 Å². The van der Waals surface area contributed by atoms with Crippen molar-refractivity contribution in [3.8, 4) is 11.3 Å². The second-order valence-corrected chi connectivity index (χ2v) is 6.93. The van der Waals surface area contributed by atoms with Gasteiger partial charge in [-0.05, 0) is 74.2 Å². The fraction of sp³-hybridized carbons (Fsp3) is 0.261. The molecule has 0 aliphatic carbocycles. The zero-order valence-electron chi connectivity index (χ0n) is 15.8. The van der Waals surface area contributed by atoms with E-state index in [0.717, 1.165) is 33.9 Å². The first-order valence-electron chi connectivity index (χ1n) is 8.96. The van der Waals surface area contributed by atoms with Gasteiger partial charge in [-0.1, -0.05) is 24.3 Å². The van der Waals surface area contributed by atoms with Crippen molar-refractivity contribution in [2.45, 2.75) is 40.5 Å². The number of hydrogen-bond donors (Lipinski definition) is 1. The van der Waals surface area contributed by atoms with Crippen LogP contribution in [-0.2, 0) is 11.2 Å². The summed E-state index contributed by atoms with van der Waals surface area (Å²) in [4.78, 5) is 12.3. The van der Waals surface area contributed by atoms with E-state index in [2.05, 4.69) is 37.4 Å². The summed E-state index contributed by atoms with van der Waals surface area (Å²) in [6.45, 7) is 8.21. The van der Waals surface area contributed by atoms with Gasteiger partial charge in [0.2, 0.25) is 5.91 Å². The number of rotatable bonds is 5. The Morgan fingerprint density at radius 2 is 1.65 bits per heavy atom. The van der Waals surface area contributed by atoms with Crippen molar-refractivity contribution < 1.29 is 9.21 Å². The van der Waals surface area contributed by atoms with E-state index in [4.69, 9.17) is 4.42 Å². The Bertz CT molecular complexity index is 937. The minimum absolute atomic E-state index is 0.00262. The highest BCUT2D eigenvalue weighted by Crippen LogP contribution is 2.25. The Morgan fingerprint density at radius 3 is 2.42 bits per heavy atom. The molecule has 0 saturated carbocycles. The Kier molecular flexibility index (Phi) is 5.27. The maximum Gasteiger partial charge on any atom is 0.224 e. The van der Waals surface area contributed by atoms with Crippen molar-refractivity contribution in [3.05, 3.63) is 76.5 Å². The zero-order chi connectivity index (χ0) is 18.7. The lowest BCUT2D eigenvalue weighted by atomic mass is 10.1. The fourth-order valence-corrected chi connectivity index (χ4v) is 2.88. The van der Waals surface area contributed by atoms with Crippen LogP contribution in [0.2, 0.25) is 0 Å². The van der Waals surface area contributed by atoms with Crippen molar-refractivity contribution >= 4 is 11.6 Å². The van der Waals surface area contributed by atoms with Crippen molar-refractivity contribution in [2.75, 3.05) is 5.32 Å². The highest BCUT2D eigenvalue weighted by molar-refractivity contribution is 5.91. The molecule has 3 rings (SSSR count). The predicted octanol–water partition coefficient (Wildman–Crippen LogP) is 5.75. The highest BCUT2D eigenvalue weighted by Gasteiger charge is 2.09. The molecule has 3 aromatic rings. The largest absolute Gasteiger partial charge is 0.461 e. The first-order chi connectivity index (χ1) is 12.4. The van der Waals surface area contributed by atoms with E-state index in [1.54, 1.807) is 0 Å². The average molecular weight is 347 g/mol. The molecule has 26 heavy (non-hydrogen) atoms. The molecule has 3 heteroatoms. The molecule has 0 saturated heterocycles. The van der Waals surface area contributed by atoms with E-state index in [1.807, 2.05) is 44.2 Å². The van der Waals surface area contributed by atoms with Gasteiger partial charge in [-0.2, -0.15) is 0 Å². The molecule has 0 spiro atoms. The lowest BCUT2D eigenvalue weighted by Gasteiger charge is -2.09. The van der Waals surface area contributed by atoms with Crippen LogP contribution in [0.3, 0.4) is 0 Å². The van der Waals surface area contributed by atoms with Crippen LogP contribution in [0.25, 0.3) is 11.3 Å². The van der Waals surface area contributed by atoms with Crippen LogP contribution in [0.1, 0.15) is 34.4 Å². The third kappa shape index (κ3) is 4.23. The monoisotopic (exact) mass is 347 g/mol. The summed E-state index contributed by atoms with van der Waals surface area (Å²) in [6, 6.07) is 16.3. The molecule has 3 nitrogen and oxygen atoms in total. The minimum Gasteiger partial charge on any atom is -0.461 e. The average Bonchev–Trinajstić information content (AvgIpc) is 3.08. The molecule has 0 bridgehead atoms. The number of nitrogens with one attached hydrogen (secondary N) is 1. The standard InChI is InChI=1S/C23H25NO2/c1-15-5-6-17(3)21(13-15)24-23(25)12-10-20-9-11-22(26-20)19-8-7-16(2)18(4)14-19/h5-9,11,13-14H,10,12H2,1-4H3,(H,24,25). The number of hydrogen-bond acceptors (Lipinski definition) is 2. The Balaban J connectivity index is 1.61. The Morgan fingerprint density at radius 1 is 0.885 bits per heavy atom. The lowest BCUT2D eigenvalue weighted by molar-refractivity contribution is -0.116. The van der Waals surface area contributed by atoms with E-state index in [1.165, 1.54) is 11.1 Å². The molecule has 134 valence electrons. The van der Waals surface area contributed by atoms with Gasteiger partial charge in [-0.3, -0.25) is 4.79 Å². The van der Waals surface area contributed by atoms with Gasteiger partial charge in [0.25, 0.3) is 0 Å². The van der Waals surface area contributed by atoms with Crippen molar-refractivity contribution in [1.29, 1.82) is 0 Å². The van der Waals surface area contributed by atoms with Gasteiger partial charge in [-0.15, -0.1) is 0 Å². The summed E-state index contributed by atoms with van der Waals surface area (Å²) in [5.41, 5.74) is 6.66. The van der Waals surface area contributed by atoms with Gasteiger partial charge < -0.3 is 9.73 Å². The van der Waals surface area contributed by atoms with Gasteiger partial charge in [-0.25, -0.2) is 0 Å². The van der Waals surface area contributed by atoms with Gasteiger partial charge in [0.1, 0.15) is 11.5 Å². The Labute approximate surface area is 155 Å². The molecule has 0 unspecified atom stereocenters. The quantitative estimate of drug-likeness (QED) is 0.638. The second-order valence-electron chi connectivity index (χ2n) is 6.93. The molecule has 1 heterocycles. The number of carbonyl (C=O) groups excluding carboxylic acids is 1. The SMILES string of the molecule is Cc1ccc(C)c(NC(=O)CCc2ccc(-c3ccc(C)c(C)c3)o2)c1. The van der Waals surface area contributed by atoms with Crippen LogP contribution in [-0.4, -0.2) is 5.91 Å². The van der Waals surface area contributed by atoms with E-state index in [-0.39, 0.29) is 5.91 Å². The predicted molar refractivity (Wildman–Crippen MR) is 106 cm³/mol. The molecular weight excluding hydrogens is 322 g/mol. The van der Waals surface area contributed by atoms with E-state index in [0.29, 0.717) is 12.8 Å². The number of anilines is 1. The number of carbonyl (C=O) groups is 1. The second kappa shape index (κ2) is 7.61. The lowest BCUT2D eigenvalue weighted by Crippen LogP contribution is -2.13. The van der Waals surface area contributed by atoms with Crippen molar-refractivity contribution in [3.63, 3.8) is 0 Å². The van der Waals surface area contributed by atoms with E-state index in [9.17, 15) is 4.79 Å². The fourth-order valence-electron chi connectivity index (χ4n) is 2.88. The smallest absolute Gasteiger partial charge is 0.224 e. The maximum atomic E-state index is 12.3. The number of aryl methyl sites for hydroxylation is 5. The summed E-state index contributed by atoms with van der Waals surface area (Å²) >= 11 is 0. The normalized spacial score (nSPS) is 10.8. The molecule has 1 N–H and O–H groups in total. The first kappa shape index (κ1) is 18.0. The van der Waals surface area contributed by atoms with Gasteiger partial charge in [0.15, 0.2) is 0 Å². The summed E-state index contributed by atoms with van der Waals surface area (Å²) < 4.78 is 5.93. The molecular formula is C23H25NO2. The molecule has 1 amide bonds. The van der Waals surface area contributed by atoms with Crippen LogP contribution in [0, 0.1) is 27.7 Å². The Hall–Kier alpha value is -2.81. The molecule has 0 atom stereocenters. The van der Waals surface area contributed by atoms with Gasteiger partial charge >= 0.3 is 0 Å². The summed E-state index contributed by atoms with van der Waals surface area (Å²) in [5.74, 6) is 1.68. The van der Waals surface area contributed by atoms with Crippen LogP contribution in [0.15, 0.2) is 52.9 Å². The first-order valence-corrected chi connectivity index (χ1v) is 8.96. The van der Waals surface area contributed by atoms with Crippen LogP contribution < -0.4 is 5.32 Å². The van der Waals surface area contributed by atoms with Crippen molar-refractivity contribution in [2.24, 2.45) is 0 Å².